The number of aryl methyl sites for hydroxylation is 2. The number of halogens is 2. The first-order chi connectivity index (χ1) is 13.0. The highest BCUT2D eigenvalue weighted by Crippen LogP contribution is 2.36. The van der Waals surface area contributed by atoms with E-state index in [1.54, 1.807) is 0 Å². The molecule has 2 aliphatic rings. The number of rotatable bonds is 3. The van der Waals surface area contributed by atoms with E-state index in [0.29, 0.717) is 11.7 Å². The van der Waals surface area contributed by atoms with Gasteiger partial charge in [-0.05, 0) is 59.5 Å². The van der Waals surface area contributed by atoms with Crippen molar-refractivity contribution in [1.82, 2.24) is 35.0 Å². The average molecular weight is 444 g/mol. The molecule has 4 rings (SSSR count). The van der Waals surface area contributed by atoms with E-state index in [9.17, 15) is 4.79 Å². The van der Waals surface area contributed by atoms with E-state index >= 15 is 0 Å². The molecular formula is C19H31Cl2N7O. The smallest absolute Gasteiger partial charge is 0.276 e. The molecule has 2 fully saturated rings. The fourth-order valence-electron chi connectivity index (χ4n) is 4.65. The molecule has 0 aliphatic carbocycles. The predicted octanol–water partition coefficient (Wildman–Crippen LogP) is 2.68. The molecular weight excluding hydrogens is 413 g/mol. The van der Waals surface area contributed by atoms with Gasteiger partial charge in [0, 0.05) is 24.8 Å². The molecule has 1 atom stereocenters. The molecule has 0 spiro atoms. The van der Waals surface area contributed by atoms with Crippen LogP contribution < -0.4 is 5.32 Å². The van der Waals surface area contributed by atoms with E-state index in [2.05, 4.69) is 27.7 Å². The molecule has 162 valence electrons. The summed E-state index contributed by atoms with van der Waals surface area (Å²) in [6, 6.07) is 0.409. The quantitative estimate of drug-likeness (QED) is 0.788. The van der Waals surface area contributed by atoms with Crippen LogP contribution in [0.15, 0.2) is 0 Å². The van der Waals surface area contributed by atoms with Crippen LogP contribution in [0.5, 0.6) is 0 Å². The lowest BCUT2D eigenvalue weighted by atomic mass is 10.0. The third-order valence-corrected chi connectivity index (χ3v) is 6.20. The highest BCUT2D eigenvalue weighted by atomic mass is 35.5. The fourth-order valence-corrected chi connectivity index (χ4v) is 4.65. The number of hydrogen-bond donors (Lipinski definition) is 1. The maximum absolute atomic E-state index is 13.3. The van der Waals surface area contributed by atoms with E-state index in [1.165, 1.54) is 5.56 Å². The standard InChI is InChI=1S/C19H29N7O.2ClH/c1-12-17(13(2)24(4)22-12)16-6-5-11-25(16)19(27)18-14(3)26(23-21-18)15-7-9-20-10-8-15;;/h15-16,20H,5-11H2,1-4H3;2*1H. The number of piperidine rings is 1. The minimum Gasteiger partial charge on any atom is -0.330 e. The first-order valence-electron chi connectivity index (χ1n) is 9.92. The molecule has 1 unspecified atom stereocenters. The molecule has 1 amide bonds. The van der Waals surface area contributed by atoms with Gasteiger partial charge in [0.05, 0.1) is 23.5 Å². The largest absolute Gasteiger partial charge is 0.330 e. The Labute approximate surface area is 184 Å². The van der Waals surface area contributed by atoms with Crippen molar-refractivity contribution in [1.29, 1.82) is 0 Å². The van der Waals surface area contributed by atoms with Crippen LogP contribution >= 0.6 is 24.8 Å². The summed E-state index contributed by atoms with van der Waals surface area (Å²) in [4.78, 5) is 15.3. The Morgan fingerprint density at radius 1 is 1.07 bits per heavy atom. The number of carbonyl (C=O) groups excluding carboxylic acids is 1. The summed E-state index contributed by atoms with van der Waals surface area (Å²) < 4.78 is 3.87. The Bertz CT molecular complexity index is 857. The van der Waals surface area contributed by atoms with E-state index < -0.39 is 0 Å². The molecule has 0 radical (unpaired) electrons. The van der Waals surface area contributed by atoms with Crippen molar-refractivity contribution in [3.05, 3.63) is 28.3 Å². The molecule has 0 bridgehead atoms. The van der Waals surface area contributed by atoms with Gasteiger partial charge >= 0.3 is 0 Å². The van der Waals surface area contributed by atoms with Crippen LogP contribution in [0, 0.1) is 20.8 Å². The maximum atomic E-state index is 13.3. The number of aromatic nitrogens is 5. The molecule has 4 heterocycles. The minimum absolute atomic E-state index is 0. The zero-order chi connectivity index (χ0) is 19.1. The Morgan fingerprint density at radius 3 is 2.38 bits per heavy atom. The Hall–Kier alpha value is -1.64. The topological polar surface area (TPSA) is 80.9 Å². The minimum atomic E-state index is -0.00200. The Balaban J connectivity index is 0.00000150. The predicted molar refractivity (Wildman–Crippen MR) is 116 cm³/mol. The highest BCUT2D eigenvalue weighted by molar-refractivity contribution is 5.93. The zero-order valence-electron chi connectivity index (χ0n) is 17.5. The lowest BCUT2D eigenvalue weighted by molar-refractivity contribution is 0.0728. The van der Waals surface area contributed by atoms with E-state index in [4.69, 9.17) is 0 Å². The van der Waals surface area contributed by atoms with Crippen molar-refractivity contribution in [2.24, 2.45) is 7.05 Å². The van der Waals surface area contributed by atoms with Gasteiger partial charge in [0.25, 0.3) is 5.91 Å². The van der Waals surface area contributed by atoms with Crippen LogP contribution in [0.25, 0.3) is 0 Å². The summed E-state index contributed by atoms with van der Waals surface area (Å²) in [7, 11) is 1.96. The molecule has 1 N–H and O–H groups in total. The SMILES string of the molecule is Cc1nn(C)c(C)c1C1CCCN1C(=O)c1nnn(C2CCNCC2)c1C.Cl.Cl. The van der Waals surface area contributed by atoms with Crippen molar-refractivity contribution in [2.75, 3.05) is 19.6 Å². The molecule has 2 aromatic heterocycles. The summed E-state index contributed by atoms with van der Waals surface area (Å²) >= 11 is 0. The normalized spacial score (nSPS) is 19.7. The second kappa shape index (κ2) is 9.45. The van der Waals surface area contributed by atoms with Crippen molar-refractivity contribution in [2.45, 2.75) is 58.5 Å². The van der Waals surface area contributed by atoms with Gasteiger partial charge in [-0.25, -0.2) is 4.68 Å². The zero-order valence-corrected chi connectivity index (χ0v) is 19.1. The molecule has 0 saturated carbocycles. The Kier molecular flexibility index (Phi) is 7.70. The first-order valence-corrected chi connectivity index (χ1v) is 9.92. The molecule has 0 aromatic carbocycles. The number of hydrogen-bond acceptors (Lipinski definition) is 5. The van der Waals surface area contributed by atoms with E-state index in [-0.39, 0.29) is 36.8 Å². The average Bonchev–Trinajstić information content (AvgIpc) is 3.34. The van der Waals surface area contributed by atoms with Gasteiger partial charge in [0.1, 0.15) is 0 Å². The van der Waals surface area contributed by atoms with E-state index in [1.807, 2.05) is 35.2 Å². The van der Waals surface area contributed by atoms with Gasteiger partial charge in [0.15, 0.2) is 5.69 Å². The van der Waals surface area contributed by atoms with Crippen LogP contribution in [-0.2, 0) is 7.05 Å². The number of nitrogens with one attached hydrogen (secondary N) is 1. The van der Waals surface area contributed by atoms with Crippen LogP contribution in [-0.4, -0.2) is 55.2 Å². The summed E-state index contributed by atoms with van der Waals surface area (Å²) in [5, 5.41) is 16.6. The van der Waals surface area contributed by atoms with Crippen LogP contribution in [0.1, 0.15) is 70.9 Å². The van der Waals surface area contributed by atoms with Crippen molar-refractivity contribution in [3.63, 3.8) is 0 Å². The third-order valence-electron chi connectivity index (χ3n) is 6.20. The van der Waals surface area contributed by atoms with Gasteiger partial charge in [-0.2, -0.15) is 5.10 Å². The molecule has 2 aromatic rings. The summed E-state index contributed by atoms with van der Waals surface area (Å²) in [5.74, 6) is -0.00200. The van der Waals surface area contributed by atoms with Gasteiger partial charge in [-0.15, -0.1) is 29.9 Å². The second-order valence-corrected chi connectivity index (χ2v) is 7.81. The van der Waals surface area contributed by atoms with Crippen molar-refractivity contribution in [3.8, 4) is 0 Å². The van der Waals surface area contributed by atoms with Crippen LogP contribution in [0.2, 0.25) is 0 Å². The summed E-state index contributed by atoms with van der Waals surface area (Å²) in [6.45, 7) is 8.82. The number of likely N-dealkylation sites (tertiary alicyclic amines) is 1. The van der Waals surface area contributed by atoms with Crippen molar-refractivity contribution >= 4 is 30.7 Å². The number of amides is 1. The van der Waals surface area contributed by atoms with E-state index in [0.717, 1.165) is 62.4 Å². The van der Waals surface area contributed by atoms with Crippen LogP contribution in [0.3, 0.4) is 0 Å². The fraction of sp³-hybridized carbons (Fsp3) is 0.684. The second-order valence-electron chi connectivity index (χ2n) is 7.81. The number of nitrogens with zero attached hydrogens (tertiary/aromatic N) is 6. The van der Waals surface area contributed by atoms with Crippen molar-refractivity contribution < 1.29 is 4.79 Å². The first kappa shape index (κ1) is 23.6. The van der Waals surface area contributed by atoms with Gasteiger partial charge in [0.2, 0.25) is 0 Å². The lowest BCUT2D eigenvalue weighted by Crippen LogP contribution is -2.32. The molecule has 2 aliphatic heterocycles. The number of carbonyl (C=O) groups is 1. The monoisotopic (exact) mass is 443 g/mol. The molecule has 29 heavy (non-hydrogen) atoms. The van der Waals surface area contributed by atoms with Gasteiger partial charge in [-0.1, -0.05) is 5.21 Å². The summed E-state index contributed by atoms with van der Waals surface area (Å²) in [5.41, 5.74) is 4.71. The maximum Gasteiger partial charge on any atom is 0.276 e. The van der Waals surface area contributed by atoms with Gasteiger partial charge < -0.3 is 10.2 Å². The lowest BCUT2D eigenvalue weighted by Gasteiger charge is -2.25. The molecule has 10 heteroatoms. The summed E-state index contributed by atoms with van der Waals surface area (Å²) in [6.07, 6.45) is 4.03. The third kappa shape index (κ3) is 4.15. The highest BCUT2D eigenvalue weighted by Gasteiger charge is 2.36. The van der Waals surface area contributed by atoms with Gasteiger partial charge in [-0.3, -0.25) is 9.48 Å². The van der Waals surface area contributed by atoms with Crippen LogP contribution in [0.4, 0.5) is 0 Å². The Morgan fingerprint density at radius 2 is 1.76 bits per heavy atom. The molecule has 8 nitrogen and oxygen atoms in total. The molecule has 2 saturated heterocycles.